The van der Waals surface area contributed by atoms with Gasteiger partial charge >= 0.3 is 0 Å². The van der Waals surface area contributed by atoms with E-state index < -0.39 is 0 Å². The van der Waals surface area contributed by atoms with E-state index in [-0.39, 0.29) is 17.3 Å². The van der Waals surface area contributed by atoms with E-state index in [0.717, 1.165) is 31.6 Å². The average molecular weight is 411 g/mol. The minimum absolute atomic E-state index is 0.197. The van der Waals surface area contributed by atoms with E-state index in [1.165, 1.54) is 12.1 Å². The predicted octanol–water partition coefficient (Wildman–Crippen LogP) is 4.22. The molecular formula is C22H26FN5O2. The van der Waals surface area contributed by atoms with Gasteiger partial charge in [-0.2, -0.15) is 4.98 Å². The van der Waals surface area contributed by atoms with Crippen LogP contribution in [0.1, 0.15) is 51.1 Å². The lowest BCUT2D eigenvalue weighted by atomic mass is 9.96. The van der Waals surface area contributed by atoms with Gasteiger partial charge in [-0.25, -0.2) is 9.37 Å². The molecule has 1 aromatic carbocycles. The van der Waals surface area contributed by atoms with E-state index in [2.05, 4.69) is 25.0 Å². The molecule has 0 bridgehead atoms. The van der Waals surface area contributed by atoms with E-state index in [1.807, 2.05) is 20.8 Å². The number of likely N-dealkylation sites (tertiary alicyclic amines) is 1. The Balaban J connectivity index is 1.37. The van der Waals surface area contributed by atoms with E-state index in [0.29, 0.717) is 29.7 Å². The summed E-state index contributed by atoms with van der Waals surface area (Å²) in [5.41, 5.74) is 1.14. The standard InChI is InChI=1S/C22H26FN5O2/c1-22(2,3)29-21-18(24-9-10-25-21)14-28-11-7-15(8-12-28)20-26-19(27-30-20)16-5-4-6-17(23)13-16/h4-6,9-10,13,15H,7-8,11-12,14H2,1-3H3. The van der Waals surface area contributed by atoms with Crippen molar-refractivity contribution in [1.82, 2.24) is 25.0 Å². The first-order valence-electron chi connectivity index (χ1n) is 10.2. The molecule has 0 unspecified atom stereocenters. The van der Waals surface area contributed by atoms with Gasteiger partial charge in [0.2, 0.25) is 17.6 Å². The molecule has 0 atom stereocenters. The van der Waals surface area contributed by atoms with Crippen molar-refractivity contribution >= 4 is 0 Å². The maximum absolute atomic E-state index is 13.4. The zero-order valence-electron chi connectivity index (χ0n) is 17.5. The van der Waals surface area contributed by atoms with Gasteiger partial charge in [-0.05, 0) is 58.8 Å². The third-order valence-corrected chi connectivity index (χ3v) is 4.97. The largest absolute Gasteiger partial charge is 0.471 e. The molecule has 7 nitrogen and oxygen atoms in total. The first-order valence-corrected chi connectivity index (χ1v) is 10.2. The number of rotatable bonds is 5. The van der Waals surface area contributed by atoms with Crippen LogP contribution < -0.4 is 4.74 Å². The number of benzene rings is 1. The fourth-order valence-corrected chi connectivity index (χ4v) is 3.53. The molecule has 2 aromatic heterocycles. The molecule has 0 N–H and O–H groups in total. The third kappa shape index (κ3) is 4.99. The quantitative estimate of drug-likeness (QED) is 0.622. The monoisotopic (exact) mass is 411 g/mol. The van der Waals surface area contributed by atoms with Crippen molar-refractivity contribution in [2.45, 2.75) is 51.7 Å². The van der Waals surface area contributed by atoms with E-state index in [1.54, 1.807) is 24.5 Å². The Hall–Kier alpha value is -2.87. The van der Waals surface area contributed by atoms with Gasteiger partial charge in [0.1, 0.15) is 17.1 Å². The molecule has 30 heavy (non-hydrogen) atoms. The molecule has 0 radical (unpaired) electrons. The SMILES string of the molecule is CC(C)(C)Oc1nccnc1CN1CCC(c2nc(-c3cccc(F)c3)no2)CC1. The lowest BCUT2D eigenvalue weighted by molar-refractivity contribution is 0.117. The molecule has 4 rings (SSSR count). The fraction of sp³-hybridized carbons (Fsp3) is 0.455. The van der Waals surface area contributed by atoms with Gasteiger partial charge in [0.15, 0.2) is 0 Å². The molecule has 3 aromatic rings. The van der Waals surface area contributed by atoms with Gasteiger partial charge in [0.25, 0.3) is 0 Å². The zero-order valence-corrected chi connectivity index (χ0v) is 17.5. The van der Waals surface area contributed by atoms with Crippen molar-refractivity contribution in [3.8, 4) is 17.3 Å². The second-order valence-electron chi connectivity index (χ2n) is 8.54. The van der Waals surface area contributed by atoms with Gasteiger partial charge in [-0.3, -0.25) is 9.88 Å². The maximum atomic E-state index is 13.4. The number of nitrogens with zero attached hydrogens (tertiary/aromatic N) is 5. The number of halogens is 1. The van der Waals surface area contributed by atoms with E-state index in [4.69, 9.17) is 9.26 Å². The van der Waals surface area contributed by atoms with Crippen molar-refractivity contribution in [1.29, 1.82) is 0 Å². The van der Waals surface area contributed by atoms with Crippen LogP contribution in [0.4, 0.5) is 4.39 Å². The first kappa shape index (κ1) is 20.4. The highest BCUT2D eigenvalue weighted by Gasteiger charge is 2.27. The van der Waals surface area contributed by atoms with Crippen molar-refractivity contribution in [3.05, 3.63) is 54.1 Å². The Labute approximate surface area is 175 Å². The lowest BCUT2D eigenvalue weighted by Crippen LogP contribution is -2.33. The number of hydrogen-bond donors (Lipinski definition) is 0. The highest BCUT2D eigenvalue weighted by atomic mass is 19.1. The summed E-state index contributed by atoms with van der Waals surface area (Å²) >= 11 is 0. The van der Waals surface area contributed by atoms with Crippen LogP contribution in [0.5, 0.6) is 5.88 Å². The fourth-order valence-electron chi connectivity index (χ4n) is 3.53. The second-order valence-corrected chi connectivity index (χ2v) is 8.54. The van der Waals surface area contributed by atoms with Crippen LogP contribution in [0.3, 0.4) is 0 Å². The topological polar surface area (TPSA) is 77.2 Å². The lowest BCUT2D eigenvalue weighted by Gasteiger charge is -2.30. The van der Waals surface area contributed by atoms with Crippen LogP contribution in [0.15, 0.2) is 41.2 Å². The third-order valence-electron chi connectivity index (χ3n) is 4.97. The van der Waals surface area contributed by atoms with Gasteiger partial charge < -0.3 is 9.26 Å². The summed E-state index contributed by atoms with van der Waals surface area (Å²) in [6, 6.07) is 6.23. The molecule has 0 aliphatic carbocycles. The molecule has 8 heteroatoms. The van der Waals surface area contributed by atoms with Crippen LogP contribution >= 0.6 is 0 Å². The number of piperidine rings is 1. The van der Waals surface area contributed by atoms with Crippen molar-refractivity contribution in [2.24, 2.45) is 0 Å². The molecule has 0 saturated carbocycles. The van der Waals surface area contributed by atoms with E-state index >= 15 is 0 Å². The van der Waals surface area contributed by atoms with Crippen molar-refractivity contribution in [2.75, 3.05) is 13.1 Å². The molecule has 0 amide bonds. The Morgan fingerprint density at radius 3 is 2.67 bits per heavy atom. The Kier molecular flexibility index (Phi) is 5.76. The molecular weight excluding hydrogens is 385 g/mol. The molecule has 1 aliphatic rings. The van der Waals surface area contributed by atoms with Gasteiger partial charge in [0.05, 0.1) is 0 Å². The maximum Gasteiger partial charge on any atom is 0.237 e. The molecule has 0 spiro atoms. The first-order chi connectivity index (χ1) is 14.4. The van der Waals surface area contributed by atoms with Gasteiger partial charge in [-0.15, -0.1) is 0 Å². The van der Waals surface area contributed by atoms with Crippen LogP contribution in [-0.4, -0.2) is 43.7 Å². The number of ether oxygens (including phenoxy) is 1. The Bertz CT molecular complexity index is 993. The minimum atomic E-state index is -0.324. The highest BCUT2D eigenvalue weighted by Crippen LogP contribution is 2.30. The van der Waals surface area contributed by atoms with Crippen molar-refractivity contribution < 1.29 is 13.7 Å². The summed E-state index contributed by atoms with van der Waals surface area (Å²) in [6.45, 7) is 8.45. The number of aromatic nitrogens is 4. The van der Waals surface area contributed by atoms with Crippen LogP contribution in [0.25, 0.3) is 11.4 Å². The molecule has 1 saturated heterocycles. The summed E-state index contributed by atoms with van der Waals surface area (Å²) in [7, 11) is 0. The zero-order chi connectivity index (χ0) is 21.1. The predicted molar refractivity (Wildman–Crippen MR) is 109 cm³/mol. The summed E-state index contributed by atoms with van der Waals surface area (Å²) in [5, 5.41) is 4.03. The normalized spacial score (nSPS) is 16.0. The molecule has 1 aliphatic heterocycles. The van der Waals surface area contributed by atoms with E-state index in [9.17, 15) is 4.39 Å². The molecule has 158 valence electrons. The summed E-state index contributed by atoms with van der Waals surface area (Å²) in [4.78, 5) is 15.7. The smallest absolute Gasteiger partial charge is 0.237 e. The summed E-state index contributed by atoms with van der Waals surface area (Å²) < 4.78 is 24.9. The minimum Gasteiger partial charge on any atom is -0.471 e. The molecule has 1 fully saturated rings. The average Bonchev–Trinajstić information content (AvgIpc) is 3.19. The number of hydrogen-bond acceptors (Lipinski definition) is 7. The molecule has 3 heterocycles. The van der Waals surface area contributed by atoms with Crippen LogP contribution in [0, 0.1) is 5.82 Å². The van der Waals surface area contributed by atoms with Gasteiger partial charge in [-0.1, -0.05) is 17.3 Å². The van der Waals surface area contributed by atoms with Crippen LogP contribution in [-0.2, 0) is 6.54 Å². The summed E-state index contributed by atoms with van der Waals surface area (Å²) in [5.74, 6) is 1.51. The Morgan fingerprint density at radius 2 is 1.93 bits per heavy atom. The Morgan fingerprint density at radius 1 is 1.17 bits per heavy atom. The highest BCUT2D eigenvalue weighted by molar-refractivity contribution is 5.53. The van der Waals surface area contributed by atoms with Crippen LogP contribution in [0.2, 0.25) is 0 Å². The van der Waals surface area contributed by atoms with Crippen molar-refractivity contribution in [3.63, 3.8) is 0 Å². The summed E-state index contributed by atoms with van der Waals surface area (Å²) in [6.07, 6.45) is 5.16. The van der Waals surface area contributed by atoms with Gasteiger partial charge in [0, 0.05) is 30.4 Å². The second kappa shape index (κ2) is 8.47.